The van der Waals surface area contributed by atoms with Crippen molar-refractivity contribution in [3.05, 3.63) is 0 Å². The second kappa shape index (κ2) is 5.62. The third kappa shape index (κ3) is 2.90. The van der Waals surface area contributed by atoms with E-state index >= 15 is 0 Å². The Labute approximate surface area is 113 Å². The third-order valence-electron chi connectivity index (χ3n) is 4.20. The normalized spacial score (nSPS) is 30.7. The highest BCUT2D eigenvalue weighted by Crippen LogP contribution is 2.40. The maximum atomic E-state index is 12.3. The van der Waals surface area contributed by atoms with Gasteiger partial charge in [-0.2, -0.15) is 0 Å². The van der Waals surface area contributed by atoms with E-state index in [0.29, 0.717) is 0 Å². The molecule has 0 radical (unpaired) electrons. The predicted molar refractivity (Wildman–Crippen MR) is 70.1 cm³/mol. The van der Waals surface area contributed by atoms with Crippen LogP contribution < -0.4 is 5.73 Å². The van der Waals surface area contributed by atoms with Crippen molar-refractivity contribution >= 4 is 11.9 Å². The van der Waals surface area contributed by atoms with E-state index in [1.165, 1.54) is 0 Å². The van der Waals surface area contributed by atoms with E-state index < -0.39 is 12.0 Å². The molecule has 5 nitrogen and oxygen atoms in total. The second-order valence-corrected chi connectivity index (χ2v) is 5.58. The number of carboxylic acid groups (broad SMARTS) is 1. The van der Waals surface area contributed by atoms with Gasteiger partial charge >= 0.3 is 5.97 Å². The molecule has 0 spiro atoms. The van der Waals surface area contributed by atoms with Gasteiger partial charge in [0.1, 0.15) is 0 Å². The summed E-state index contributed by atoms with van der Waals surface area (Å²) in [6, 6.07) is -0.317. The van der Waals surface area contributed by atoms with Gasteiger partial charge in [0, 0.05) is 24.9 Å². The van der Waals surface area contributed by atoms with E-state index in [1.54, 1.807) is 0 Å². The van der Waals surface area contributed by atoms with Crippen molar-refractivity contribution in [3.63, 3.8) is 0 Å². The Hall–Kier alpha value is -1.54. The average Bonchev–Trinajstić information content (AvgIpc) is 2.59. The molecule has 0 aromatic carbocycles. The van der Waals surface area contributed by atoms with Crippen LogP contribution in [-0.2, 0) is 9.59 Å². The summed E-state index contributed by atoms with van der Waals surface area (Å²) in [6.07, 6.45) is 9.11. The monoisotopic (exact) mass is 264 g/mol. The van der Waals surface area contributed by atoms with Crippen LogP contribution in [0.15, 0.2) is 0 Å². The highest BCUT2D eigenvalue weighted by Gasteiger charge is 2.44. The van der Waals surface area contributed by atoms with Crippen molar-refractivity contribution < 1.29 is 14.7 Å². The van der Waals surface area contributed by atoms with Gasteiger partial charge in [-0.3, -0.25) is 9.59 Å². The molecule has 3 N–H and O–H groups in total. The van der Waals surface area contributed by atoms with Gasteiger partial charge in [-0.1, -0.05) is 0 Å². The van der Waals surface area contributed by atoms with Gasteiger partial charge in [0.25, 0.3) is 0 Å². The lowest BCUT2D eigenvalue weighted by atomic mass is 9.87. The zero-order valence-electron chi connectivity index (χ0n) is 10.9. The average molecular weight is 264 g/mol. The zero-order valence-corrected chi connectivity index (χ0v) is 10.9. The van der Waals surface area contributed by atoms with Gasteiger partial charge < -0.3 is 15.7 Å². The van der Waals surface area contributed by atoms with Crippen LogP contribution in [-0.4, -0.2) is 40.0 Å². The number of aliphatic carboxylic acids is 1. The van der Waals surface area contributed by atoms with Crippen molar-refractivity contribution in [2.24, 2.45) is 11.7 Å². The van der Waals surface area contributed by atoms with Gasteiger partial charge in [-0.15, -0.1) is 12.3 Å². The number of terminal acetylenes is 1. The molecule has 0 saturated carbocycles. The molecule has 3 unspecified atom stereocenters. The number of hydrogen-bond donors (Lipinski definition) is 2. The highest BCUT2D eigenvalue weighted by molar-refractivity contribution is 5.83. The maximum Gasteiger partial charge on any atom is 0.303 e. The van der Waals surface area contributed by atoms with Gasteiger partial charge in [0.05, 0.1) is 6.04 Å². The Kier molecular flexibility index (Phi) is 4.11. The van der Waals surface area contributed by atoms with E-state index in [0.717, 1.165) is 25.7 Å². The van der Waals surface area contributed by atoms with Crippen molar-refractivity contribution in [1.29, 1.82) is 0 Å². The first kappa shape index (κ1) is 13.9. The molecule has 2 aliphatic rings. The summed E-state index contributed by atoms with van der Waals surface area (Å²) in [4.78, 5) is 24.9. The van der Waals surface area contributed by atoms with E-state index in [4.69, 9.17) is 17.3 Å². The Morgan fingerprint density at radius 1 is 1.37 bits per heavy atom. The Morgan fingerprint density at radius 3 is 2.42 bits per heavy atom. The fraction of sp³-hybridized carbons (Fsp3) is 0.714. The minimum Gasteiger partial charge on any atom is -0.481 e. The van der Waals surface area contributed by atoms with Crippen LogP contribution in [0.3, 0.4) is 0 Å². The lowest BCUT2D eigenvalue weighted by Gasteiger charge is -2.39. The molecule has 5 heteroatoms. The molecule has 0 aromatic heterocycles. The Bertz CT molecular complexity index is 401. The van der Waals surface area contributed by atoms with Gasteiger partial charge in [-0.25, -0.2) is 0 Å². The van der Waals surface area contributed by atoms with Crippen LogP contribution in [0.5, 0.6) is 0 Å². The van der Waals surface area contributed by atoms with E-state index in [9.17, 15) is 9.59 Å². The molecular weight excluding hydrogens is 244 g/mol. The van der Waals surface area contributed by atoms with Crippen molar-refractivity contribution in [3.8, 4) is 12.3 Å². The molecule has 2 heterocycles. The summed E-state index contributed by atoms with van der Waals surface area (Å²) in [5.41, 5.74) is 5.80. The number of nitrogens with two attached hydrogens (primary N) is 1. The maximum absolute atomic E-state index is 12.3. The van der Waals surface area contributed by atoms with Crippen LogP contribution in [0.25, 0.3) is 0 Å². The number of carbonyl (C=O) groups excluding carboxylic acids is 1. The van der Waals surface area contributed by atoms with Gasteiger partial charge in [0.15, 0.2) is 0 Å². The van der Waals surface area contributed by atoms with Crippen molar-refractivity contribution in [1.82, 2.24) is 4.90 Å². The molecule has 2 saturated heterocycles. The number of rotatable bonds is 4. The van der Waals surface area contributed by atoms with Crippen LogP contribution in [0.4, 0.5) is 0 Å². The summed E-state index contributed by atoms with van der Waals surface area (Å²) < 4.78 is 0. The molecule has 2 fully saturated rings. The number of carbonyl (C=O) groups is 2. The Morgan fingerprint density at radius 2 is 1.95 bits per heavy atom. The van der Waals surface area contributed by atoms with Gasteiger partial charge in [0.2, 0.25) is 5.91 Å². The summed E-state index contributed by atoms with van der Waals surface area (Å²) in [5, 5.41) is 8.87. The van der Waals surface area contributed by atoms with Crippen molar-refractivity contribution in [2.45, 2.75) is 56.7 Å². The summed E-state index contributed by atoms with van der Waals surface area (Å²) in [7, 11) is 0. The minimum absolute atomic E-state index is 0.0702. The SMILES string of the molecule is C#CCC(N)C(=O)N1C2CCC1CC(CC(=O)O)C2. The highest BCUT2D eigenvalue weighted by atomic mass is 16.4. The number of fused-ring (bicyclic) bond motifs is 2. The first-order valence-electron chi connectivity index (χ1n) is 6.76. The first-order valence-corrected chi connectivity index (χ1v) is 6.76. The van der Waals surface area contributed by atoms with E-state index in [2.05, 4.69) is 5.92 Å². The van der Waals surface area contributed by atoms with Gasteiger partial charge in [-0.05, 0) is 31.6 Å². The topological polar surface area (TPSA) is 83.6 Å². The lowest BCUT2D eigenvalue weighted by molar-refractivity contribution is -0.140. The molecule has 104 valence electrons. The lowest BCUT2D eigenvalue weighted by Crippen LogP contribution is -2.52. The number of nitrogens with zero attached hydrogens (tertiary/aromatic N) is 1. The van der Waals surface area contributed by atoms with E-state index in [1.807, 2.05) is 4.90 Å². The molecule has 2 aliphatic heterocycles. The summed E-state index contributed by atoms with van der Waals surface area (Å²) in [6.45, 7) is 0. The third-order valence-corrected chi connectivity index (χ3v) is 4.20. The molecule has 3 atom stereocenters. The smallest absolute Gasteiger partial charge is 0.303 e. The van der Waals surface area contributed by atoms with Crippen LogP contribution in [0, 0.1) is 18.3 Å². The van der Waals surface area contributed by atoms with Crippen molar-refractivity contribution in [2.75, 3.05) is 0 Å². The number of piperidine rings is 1. The number of amides is 1. The largest absolute Gasteiger partial charge is 0.481 e. The zero-order chi connectivity index (χ0) is 14.0. The molecule has 0 aliphatic carbocycles. The quantitative estimate of drug-likeness (QED) is 0.728. The predicted octanol–water partition coefficient (Wildman–Crippen LogP) is 0.581. The molecule has 1 amide bonds. The standard InChI is InChI=1S/C14H20N2O3/c1-2-3-12(15)14(19)16-10-4-5-11(16)7-9(6-10)8-13(17)18/h1,9-12H,3-8,15H2,(H,17,18). The molecule has 2 rings (SSSR count). The first-order chi connectivity index (χ1) is 9.02. The van der Waals surface area contributed by atoms with E-state index in [-0.39, 0.29) is 36.8 Å². The second-order valence-electron chi connectivity index (χ2n) is 5.58. The summed E-state index contributed by atoms with van der Waals surface area (Å²) >= 11 is 0. The minimum atomic E-state index is -0.756. The van der Waals surface area contributed by atoms with Crippen LogP contribution in [0.1, 0.15) is 38.5 Å². The fourth-order valence-corrected chi connectivity index (χ4v) is 3.47. The molecular formula is C14H20N2O3. The van der Waals surface area contributed by atoms with Crippen LogP contribution >= 0.6 is 0 Å². The summed E-state index contributed by atoms with van der Waals surface area (Å²) in [5.74, 6) is 1.78. The fourth-order valence-electron chi connectivity index (χ4n) is 3.47. The molecule has 19 heavy (non-hydrogen) atoms. The Balaban J connectivity index is 2.01. The molecule has 0 aromatic rings. The van der Waals surface area contributed by atoms with Crippen LogP contribution in [0.2, 0.25) is 0 Å². The number of hydrogen-bond acceptors (Lipinski definition) is 3. The molecule has 2 bridgehead atoms. The number of carboxylic acids is 1.